The van der Waals surface area contributed by atoms with Crippen molar-refractivity contribution in [1.82, 2.24) is 10.1 Å². The second-order valence-electron chi connectivity index (χ2n) is 8.93. The lowest BCUT2D eigenvalue weighted by atomic mass is 10.1. The molecule has 0 bridgehead atoms. The number of unbranched alkanes of at least 4 members (excludes halogenated alkanes) is 1. The van der Waals surface area contributed by atoms with Crippen LogP contribution in [0.4, 0.5) is 11.4 Å². The predicted molar refractivity (Wildman–Crippen MR) is 129 cm³/mol. The van der Waals surface area contributed by atoms with Crippen LogP contribution < -0.4 is 15.8 Å². The van der Waals surface area contributed by atoms with Crippen LogP contribution in [0, 0.1) is 5.41 Å². The molecule has 1 saturated carbocycles. The van der Waals surface area contributed by atoms with Crippen molar-refractivity contribution in [3.63, 3.8) is 0 Å². The standard InChI is InChI=1S/C24H29N5O4S/c1-3-4-5-20(25)22-27-21(28-33-22)16-6-12-19(13-7-16)34(31,32)29-18-10-8-17(9-11-18)26-23(30)24(2)14-15-24/h6-13,20,29H,3-5,14-15,25H2,1-2H3,(H,26,30)/t20-/m0/s1. The van der Waals surface area contributed by atoms with E-state index >= 15 is 0 Å². The lowest BCUT2D eigenvalue weighted by Crippen LogP contribution is -2.21. The molecule has 1 aliphatic carbocycles. The van der Waals surface area contributed by atoms with Gasteiger partial charge >= 0.3 is 0 Å². The van der Waals surface area contributed by atoms with E-state index in [2.05, 4.69) is 27.1 Å². The normalized spacial score (nSPS) is 15.5. The van der Waals surface area contributed by atoms with Crippen LogP contribution in [0.3, 0.4) is 0 Å². The fourth-order valence-electron chi connectivity index (χ4n) is 3.37. The van der Waals surface area contributed by atoms with Gasteiger partial charge in [0.2, 0.25) is 17.6 Å². The number of rotatable bonds is 10. The van der Waals surface area contributed by atoms with Crippen LogP contribution in [0.5, 0.6) is 0 Å². The number of hydrogen-bond donors (Lipinski definition) is 3. The number of nitrogens with two attached hydrogens (primary N) is 1. The average Bonchev–Trinajstić information content (AvgIpc) is 3.39. The van der Waals surface area contributed by atoms with Crippen LogP contribution in [0.25, 0.3) is 11.4 Å². The predicted octanol–water partition coefficient (Wildman–Crippen LogP) is 4.47. The number of sulfonamides is 1. The Bertz CT molecular complexity index is 1250. The number of nitrogens with zero attached hydrogens (tertiary/aromatic N) is 2. The van der Waals surface area contributed by atoms with Gasteiger partial charge in [-0.2, -0.15) is 4.98 Å². The first kappa shape index (κ1) is 23.9. The van der Waals surface area contributed by atoms with E-state index in [1.165, 1.54) is 12.1 Å². The maximum absolute atomic E-state index is 12.8. The number of nitrogens with one attached hydrogen (secondary N) is 2. The molecule has 1 heterocycles. The van der Waals surface area contributed by atoms with E-state index in [4.69, 9.17) is 10.3 Å². The van der Waals surface area contributed by atoms with E-state index in [0.717, 1.165) is 32.1 Å². The summed E-state index contributed by atoms with van der Waals surface area (Å²) < 4.78 is 33.4. The number of aromatic nitrogens is 2. The molecule has 3 aromatic rings. The molecule has 180 valence electrons. The van der Waals surface area contributed by atoms with E-state index < -0.39 is 10.0 Å². The molecule has 0 saturated heterocycles. The lowest BCUT2D eigenvalue weighted by Gasteiger charge is -2.12. The van der Waals surface area contributed by atoms with Crippen molar-refractivity contribution in [2.75, 3.05) is 10.0 Å². The van der Waals surface area contributed by atoms with E-state index in [1.807, 2.05) is 6.92 Å². The Morgan fingerprint density at radius 1 is 1.12 bits per heavy atom. The summed E-state index contributed by atoms with van der Waals surface area (Å²) in [5, 5.41) is 6.82. The van der Waals surface area contributed by atoms with E-state index in [0.29, 0.717) is 28.7 Å². The fourth-order valence-corrected chi connectivity index (χ4v) is 4.42. The van der Waals surface area contributed by atoms with Crippen molar-refractivity contribution < 1.29 is 17.7 Å². The maximum atomic E-state index is 12.8. The molecule has 34 heavy (non-hydrogen) atoms. The van der Waals surface area contributed by atoms with Gasteiger partial charge in [0.15, 0.2) is 0 Å². The summed E-state index contributed by atoms with van der Waals surface area (Å²) in [6.45, 7) is 4.01. The van der Waals surface area contributed by atoms with Crippen LogP contribution in [0.2, 0.25) is 0 Å². The number of anilines is 2. The molecular weight excluding hydrogens is 454 g/mol. The molecule has 0 unspecified atom stereocenters. The Labute approximate surface area is 199 Å². The molecule has 4 rings (SSSR count). The highest BCUT2D eigenvalue weighted by molar-refractivity contribution is 7.92. The molecule has 10 heteroatoms. The van der Waals surface area contributed by atoms with Gasteiger partial charge in [0, 0.05) is 22.4 Å². The van der Waals surface area contributed by atoms with Crippen LogP contribution >= 0.6 is 0 Å². The van der Waals surface area contributed by atoms with Crippen molar-refractivity contribution in [1.29, 1.82) is 0 Å². The highest BCUT2D eigenvalue weighted by atomic mass is 32.2. The molecule has 0 radical (unpaired) electrons. The van der Waals surface area contributed by atoms with Gasteiger partial charge in [0.1, 0.15) is 0 Å². The molecule has 1 aromatic heterocycles. The number of carbonyl (C=O) groups excluding carboxylic acids is 1. The molecule has 1 atom stereocenters. The van der Waals surface area contributed by atoms with Gasteiger partial charge in [0.05, 0.1) is 10.9 Å². The zero-order valence-electron chi connectivity index (χ0n) is 19.2. The van der Waals surface area contributed by atoms with E-state index in [-0.39, 0.29) is 22.3 Å². The highest BCUT2D eigenvalue weighted by Crippen LogP contribution is 2.45. The minimum Gasteiger partial charge on any atom is -0.337 e. The first-order valence-corrected chi connectivity index (χ1v) is 12.8. The molecule has 2 aromatic carbocycles. The van der Waals surface area contributed by atoms with Gasteiger partial charge in [-0.25, -0.2) is 8.42 Å². The second-order valence-corrected chi connectivity index (χ2v) is 10.6. The molecule has 0 spiro atoms. The van der Waals surface area contributed by atoms with E-state index in [9.17, 15) is 13.2 Å². The van der Waals surface area contributed by atoms with Crippen molar-refractivity contribution in [3.05, 3.63) is 54.4 Å². The minimum atomic E-state index is -3.80. The van der Waals surface area contributed by atoms with Crippen molar-refractivity contribution in [2.24, 2.45) is 11.1 Å². The van der Waals surface area contributed by atoms with Gasteiger partial charge < -0.3 is 15.6 Å². The van der Waals surface area contributed by atoms with Crippen molar-refractivity contribution in [3.8, 4) is 11.4 Å². The molecule has 1 fully saturated rings. The lowest BCUT2D eigenvalue weighted by molar-refractivity contribution is -0.120. The molecule has 1 amide bonds. The molecule has 0 aliphatic heterocycles. The minimum absolute atomic E-state index is 0.0161. The Morgan fingerprint density at radius 3 is 2.38 bits per heavy atom. The smallest absolute Gasteiger partial charge is 0.261 e. The summed E-state index contributed by atoms with van der Waals surface area (Å²) >= 11 is 0. The zero-order chi connectivity index (χ0) is 24.3. The Balaban J connectivity index is 1.40. The topological polar surface area (TPSA) is 140 Å². The average molecular weight is 484 g/mol. The summed E-state index contributed by atoms with van der Waals surface area (Å²) in [5.41, 5.74) is 7.44. The highest BCUT2D eigenvalue weighted by Gasteiger charge is 2.44. The van der Waals surface area contributed by atoms with Gasteiger partial charge in [-0.15, -0.1) is 0 Å². The van der Waals surface area contributed by atoms with Crippen LogP contribution in [-0.2, 0) is 14.8 Å². The summed E-state index contributed by atoms with van der Waals surface area (Å²) in [4.78, 5) is 16.6. The van der Waals surface area contributed by atoms with E-state index in [1.54, 1.807) is 36.4 Å². The van der Waals surface area contributed by atoms with Crippen LogP contribution in [0.1, 0.15) is 57.9 Å². The Hall–Kier alpha value is -3.24. The summed E-state index contributed by atoms with van der Waals surface area (Å²) in [6, 6.07) is 12.5. The summed E-state index contributed by atoms with van der Waals surface area (Å²) in [7, 11) is -3.80. The van der Waals surface area contributed by atoms with Crippen molar-refractivity contribution >= 4 is 27.3 Å². The van der Waals surface area contributed by atoms with Gasteiger partial charge in [-0.05, 0) is 67.8 Å². The molecular formula is C24H29N5O4S. The van der Waals surface area contributed by atoms with Gasteiger partial charge in [-0.1, -0.05) is 31.8 Å². The molecule has 1 aliphatic rings. The van der Waals surface area contributed by atoms with Gasteiger partial charge in [-0.3, -0.25) is 9.52 Å². The number of amides is 1. The summed E-state index contributed by atoms with van der Waals surface area (Å²) in [6.07, 6.45) is 4.52. The third-order valence-electron chi connectivity index (χ3n) is 5.99. The van der Waals surface area contributed by atoms with Crippen LogP contribution in [0.15, 0.2) is 57.9 Å². The molecule has 9 nitrogen and oxygen atoms in total. The second kappa shape index (κ2) is 9.55. The monoisotopic (exact) mass is 483 g/mol. The summed E-state index contributed by atoms with van der Waals surface area (Å²) in [5.74, 6) is 0.710. The van der Waals surface area contributed by atoms with Gasteiger partial charge in [0.25, 0.3) is 10.0 Å². The number of benzene rings is 2. The van der Waals surface area contributed by atoms with Crippen molar-refractivity contribution in [2.45, 2.75) is 56.9 Å². The molecule has 4 N–H and O–H groups in total. The zero-order valence-corrected chi connectivity index (χ0v) is 20.1. The first-order valence-electron chi connectivity index (χ1n) is 11.3. The number of hydrogen-bond acceptors (Lipinski definition) is 7. The Kier molecular flexibility index (Phi) is 6.72. The first-order chi connectivity index (χ1) is 16.2. The van der Waals surface area contributed by atoms with Crippen LogP contribution in [-0.4, -0.2) is 24.5 Å². The fraction of sp³-hybridized carbons (Fsp3) is 0.375. The maximum Gasteiger partial charge on any atom is 0.261 e. The Morgan fingerprint density at radius 2 is 1.76 bits per heavy atom. The third kappa shape index (κ3) is 5.45. The SMILES string of the molecule is CCCC[C@H](N)c1nc(-c2ccc(S(=O)(=O)Nc3ccc(NC(=O)C4(C)CC4)cc3)cc2)no1. The third-order valence-corrected chi connectivity index (χ3v) is 7.39. The number of carbonyl (C=O) groups is 1. The quantitative estimate of drug-likeness (QED) is 0.386. The largest absolute Gasteiger partial charge is 0.337 e.